The number of benzene rings is 2. The minimum absolute atomic E-state index is 0.168. The summed E-state index contributed by atoms with van der Waals surface area (Å²) in [6, 6.07) is 12.2. The summed E-state index contributed by atoms with van der Waals surface area (Å²) in [7, 11) is 0. The molecule has 0 unspecified atom stereocenters. The molecule has 6 nitrogen and oxygen atoms in total. The van der Waals surface area contributed by atoms with Crippen molar-refractivity contribution in [2.75, 3.05) is 6.54 Å². The van der Waals surface area contributed by atoms with Gasteiger partial charge in [-0.2, -0.15) is 0 Å². The highest BCUT2D eigenvalue weighted by Gasteiger charge is 2.22. The van der Waals surface area contributed by atoms with Crippen LogP contribution in [0.3, 0.4) is 0 Å². The number of nitrogens with one attached hydrogen (secondary N) is 1. The van der Waals surface area contributed by atoms with E-state index in [9.17, 15) is 9.59 Å². The number of ether oxygens (including phenoxy) is 1. The largest absolute Gasteiger partial charge is 0.481 e. The van der Waals surface area contributed by atoms with Crippen molar-refractivity contribution >= 4 is 44.3 Å². The first-order valence-corrected chi connectivity index (χ1v) is 9.94. The van der Waals surface area contributed by atoms with Crippen LogP contribution in [0.2, 0.25) is 5.02 Å². The second-order valence-electron chi connectivity index (χ2n) is 6.24. The average Bonchev–Trinajstić information content (AvgIpc) is 2.67. The third-order valence-corrected chi connectivity index (χ3v) is 4.99. The molecule has 1 heterocycles. The van der Waals surface area contributed by atoms with Crippen LogP contribution < -0.4 is 10.3 Å². The molecule has 146 valence electrons. The van der Waals surface area contributed by atoms with Crippen LogP contribution in [0.15, 0.2) is 51.7 Å². The second-order valence-corrected chi connectivity index (χ2v) is 7.59. The minimum Gasteiger partial charge on any atom is -0.481 e. The van der Waals surface area contributed by atoms with E-state index in [2.05, 4.69) is 25.9 Å². The highest BCUT2D eigenvalue weighted by Crippen LogP contribution is 2.18. The summed E-state index contributed by atoms with van der Waals surface area (Å²) in [4.78, 5) is 33.8. The van der Waals surface area contributed by atoms with Crippen molar-refractivity contribution in [3.8, 4) is 5.75 Å². The van der Waals surface area contributed by atoms with Crippen LogP contribution in [0.4, 0.5) is 0 Å². The molecule has 1 N–H and O–H groups in total. The van der Waals surface area contributed by atoms with E-state index < -0.39 is 6.10 Å². The average molecular weight is 465 g/mol. The summed E-state index contributed by atoms with van der Waals surface area (Å²) in [5.74, 6) is 0.803. The SMILES string of the molecule is CCN(Cc1nc2cc(Cl)ccc2c(=O)[nH]1)C(=O)[C@H](C)Oc1ccc(Br)cc1. The van der Waals surface area contributed by atoms with Gasteiger partial charge in [-0.05, 0) is 56.3 Å². The highest BCUT2D eigenvalue weighted by molar-refractivity contribution is 9.10. The molecule has 0 aliphatic rings. The third kappa shape index (κ3) is 4.72. The molecule has 8 heteroatoms. The number of H-pyrrole nitrogens is 1. The molecule has 1 atom stereocenters. The molecule has 3 aromatic rings. The number of carbonyl (C=O) groups is 1. The van der Waals surface area contributed by atoms with E-state index >= 15 is 0 Å². The van der Waals surface area contributed by atoms with Gasteiger partial charge in [-0.1, -0.05) is 27.5 Å². The fourth-order valence-electron chi connectivity index (χ4n) is 2.79. The predicted octanol–water partition coefficient (Wildman–Crippen LogP) is 4.16. The molecular weight excluding hydrogens is 446 g/mol. The zero-order valence-electron chi connectivity index (χ0n) is 15.4. The smallest absolute Gasteiger partial charge is 0.263 e. The number of carbonyl (C=O) groups excluding carboxylic acids is 1. The van der Waals surface area contributed by atoms with E-state index in [0.29, 0.717) is 34.0 Å². The minimum atomic E-state index is -0.678. The Morgan fingerprint density at radius 1 is 1.29 bits per heavy atom. The van der Waals surface area contributed by atoms with Gasteiger partial charge >= 0.3 is 0 Å². The number of aromatic amines is 1. The van der Waals surface area contributed by atoms with Gasteiger partial charge in [0, 0.05) is 16.0 Å². The van der Waals surface area contributed by atoms with Crippen LogP contribution in [0.1, 0.15) is 19.7 Å². The number of rotatable bonds is 6. The van der Waals surface area contributed by atoms with Crippen LogP contribution in [0.25, 0.3) is 10.9 Å². The first-order chi connectivity index (χ1) is 13.4. The second kappa shape index (κ2) is 8.75. The molecule has 1 amide bonds. The molecule has 1 aromatic heterocycles. The van der Waals surface area contributed by atoms with Gasteiger partial charge < -0.3 is 14.6 Å². The van der Waals surface area contributed by atoms with Crippen LogP contribution in [0, 0.1) is 0 Å². The highest BCUT2D eigenvalue weighted by atomic mass is 79.9. The van der Waals surface area contributed by atoms with E-state index in [-0.39, 0.29) is 18.0 Å². The van der Waals surface area contributed by atoms with E-state index in [1.54, 1.807) is 42.2 Å². The molecule has 0 aliphatic carbocycles. The molecule has 0 saturated carbocycles. The van der Waals surface area contributed by atoms with Gasteiger partial charge in [-0.25, -0.2) is 4.98 Å². The maximum absolute atomic E-state index is 12.8. The van der Waals surface area contributed by atoms with Gasteiger partial charge in [-0.3, -0.25) is 9.59 Å². The van der Waals surface area contributed by atoms with Crippen LogP contribution >= 0.6 is 27.5 Å². The Bertz CT molecular complexity index is 1050. The fraction of sp³-hybridized carbons (Fsp3) is 0.250. The maximum Gasteiger partial charge on any atom is 0.263 e. The van der Waals surface area contributed by atoms with E-state index in [1.807, 2.05) is 19.1 Å². The summed E-state index contributed by atoms with van der Waals surface area (Å²) in [6.45, 7) is 4.18. The Morgan fingerprint density at radius 3 is 2.68 bits per heavy atom. The van der Waals surface area contributed by atoms with Gasteiger partial charge in [0.2, 0.25) is 0 Å². The molecule has 0 spiro atoms. The van der Waals surface area contributed by atoms with Gasteiger partial charge in [-0.15, -0.1) is 0 Å². The number of aromatic nitrogens is 2. The Labute approximate surface area is 175 Å². The predicted molar refractivity (Wildman–Crippen MR) is 113 cm³/mol. The monoisotopic (exact) mass is 463 g/mol. The van der Waals surface area contributed by atoms with Crippen molar-refractivity contribution in [3.05, 3.63) is 68.1 Å². The lowest BCUT2D eigenvalue weighted by molar-refractivity contribution is -0.138. The number of fused-ring (bicyclic) bond motifs is 1. The Morgan fingerprint density at radius 2 is 2.00 bits per heavy atom. The molecule has 0 fully saturated rings. The molecule has 2 aromatic carbocycles. The van der Waals surface area contributed by atoms with Crippen LogP contribution in [-0.2, 0) is 11.3 Å². The standard InChI is InChI=1S/C20H19BrClN3O3/c1-3-25(20(27)12(2)28-15-7-4-13(21)5-8-15)11-18-23-17-10-14(22)6-9-16(17)19(26)24-18/h4-10,12H,3,11H2,1-2H3,(H,23,24,26)/t12-/m0/s1. The van der Waals surface area contributed by atoms with Crippen molar-refractivity contribution in [1.82, 2.24) is 14.9 Å². The number of nitrogens with zero attached hydrogens (tertiary/aromatic N) is 2. The van der Waals surface area contributed by atoms with E-state index in [1.165, 1.54) is 0 Å². The van der Waals surface area contributed by atoms with Crippen molar-refractivity contribution in [2.45, 2.75) is 26.5 Å². The lowest BCUT2D eigenvalue weighted by Crippen LogP contribution is -2.40. The van der Waals surface area contributed by atoms with Gasteiger partial charge in [0.15, 0.2) is 6.10 Å². The first kappa shape index (κ1) is 20.4. The Hall–Kier alpha value is -2.38. The number of hydrogen-bond donors (Lipinski definition) is 1. The lowest BCUT2D eigenvalue weighted by Gasteiger charge is -2.24. The molecule has 0 radical (unpaired) electrons. The van der Waals surface area contributed by atoms with Gasteiger partial charge in [0.05, 0.1) is 17.4 Å². The van der Waals surface area contributed by atoms with Crippen molar-refractivity contribution in [2.24, 2.45) is 0 Å². The molecule has 28 heavy (non-hydrogen) atoms. The van der Waals surface area contributed by atoms with Crippen LogP contribution in [-0.4, -0.2) is 33.4 Å². The summed E-state index contributed by atoms with van der Waals surface area (Å²) in [5, 5.41) is 0.950. The lowest BCUT2D eigenvalue weighted by atomic mass is 10.2. The fourth-order valence-corrected chi connectivity index (χ4v) is 3.22. The summed E-state index contributed by atoms with van der Waals surface area (Å²) in [6.07, 6.45) is -0.678. The first-order valence-electron chi connectivity index (χ1n) is 8.77. The Kier molecular flexibility index (Phi) is 6.36. The van der Waals surface area contributed by atoms with Gasteiger partial charge in [0.25, 0.3) is 11.5 Å². The third-order valence-electron chi connectivity index (χ3n) is 4.23. The van der Waals surface area contributed by atoms with E-state index in [0.717, 1.165) is 4.47 Å². The number of likely N-dealkylation sites (N-methyl/N-ethyl adjacent to an activating group) is 1. The summed E-state index contributed by atoms with van der Waals surface area (Å²) in [5.41, 5.74) is 0.230. The number of amides is 1. The molecule has 0 bridgehead atoms. The van der Waals surface area contributed by atoms with Crippen molar-refractivity contribution < 1.29 is 9.53 Å². The topological polar surface area (TPSA) is 75.3 Å². The maximum atomic E-state index is 12.8. The Balaban J connectivity index is 1.77. The molecule has 3 rings (SSSR count). The number of hydrogen-bond acceptors (Lipinski definition) is 4. The molecule has 0 aliphatic heterocycles. The summed E-state index contributed by atoms with van der Waals surface area (Å²) < 4.78 is 6.67. The van der Waals surface area contributed by atoms with E-state index in [4.69, 9.17) is 16.3 Å². The van der Waals surface area contributed by atoms with Crippen LogP contribution in [0.5, 0.6) is 5.75 Å². The van der Waals surface area contributed by atoms with Gasteiger partial charge in [0.1, 0.15) is 11.6 Å². The molecule has 0 saturated heterocycles. The zero-order chi connectivity index (χ0) is 20.3. The molecular formula is C20H19BrClN3O3. The van der Waals surface area contributed by atoms with Crippen molar-refractivity contribution in [1.29, 1.82) is 0 Å². The quantitative estimate of drug-likeness (QED) is 0.594. The number of halogens is 2. The van der Waals surface area contributed by atoms with Crippen molar-refractivity contribution in [3.63, 3.8) is 0 Å². The normalized spacial score (nSPS) is 12.0. The summed E-state index contributed by atoms with van der Waals surface area (Å²) >= 11 is 9.36. The zero-order valence-corrected chi connectivity index (χ0v) is 17.8.